The van der Waals surface area contributed by atoms with Gasteiger partial charge in [-0.25, -0.2) is 4.79 Å². The molecule has 6 heteroatoms. The highest BCUT2D eigenvalue weighted by molar-refractivity contribution is 5.82. The number of ether oxygens (including phenoxy) is 2. The second-order valence-electron chi connectivity index (χ2n) is 4.87. The van der Waals surface area contributed by atoms with Crippen LogP contribution in [-0.2, 0) is 6.54 Å². The number of fused-ring (bicyclic) bond motifs is 1. The maximum atomic E-state index is 12.1. The van der Waals surface area contributed by atoms with Crippen LogP contribution in [0.25, 0.3) is 10.9 Å². The maximum absolute atomic E-state index is 12.1. The van der Waals surface area contributed by atoms with Crippen molar-refractivity contribution in [1.82, 2.24) is 4.98 Å². The van der Waals surface area contributed by atoms with Crippen LogP contribution in [0.5, 0.6) is 11.5 Å². The summed E-state index contributed by atoms with van der Waals surface area (Å²) in [6.45, 7) is 0.510. The summed E-state index contributed by atoms with van der Waals surface area (Å²) in [6.07, 6.45) is 0. The van der Waals surface area contributed by atoms with Gasteiger partial charge in [-0.2, -0.15) is 4.98 Å². The van der Waals surface area contributed by atoms with Gasteiger partial charge in [-0.05, 0) is 5.56 Å². The van der Waals surface area contributed by atoms with Crippen molar-refractivity contribution in [2.24, 2.45) is 0 Å². The Morgan fingerprint density at radius 1 is 1.09 bits per heavy atom. The molecule has 6 nitrogen and oxygen atoms in total. The van der Waals surface area contributed by atoms with E-state index in [1.165, 1.54) is 14.2 Å². The van der Waals surface area contributed by atoms with E-state index in [0.29, 0.717) is 28.9 Å². The van der Waals surface area contributed by atoms with Crippen molar-refractivity contribution >= 4 is 16.9 Å². The number of hydrogen-bond acceptors (Lipinski definition) is 6. The highest BCUT2D eigenvalue weighted by atomic mass is 16.5. The first-order valence-electron chi connectivity index (χ1n) is 7.06. The Morgan fingerprint density at radius 3 is 2.48 bits per heavy atom. The molecule has 3 rings (SSSR count). The Bertz CT molecular complexity index is 875. The van der Waals surface area contributed by atoms with Crippen LogP contribution in [0.4, 0.5) is 6.01 Å². The van der Waals surface area contributed by atoms with Crippen LogP contribution in [0.1, 0.15) is 5.56 Å². The molecule has 0 atom stereocenters. The fraction of sp³-hybridized carbons (Fsp3) is 0.176. The van der Waals surface area contributed by atoms with Gasteiger partial charge in [0, 0.05) is 18.7 Å². The molecule has 1 aromatic heterocycles. The zero-order valence-electron chi connectivity index (χ0n) is 12.8. The van der Waals surface area contributed by atoms with E-state index < -0.39 is 5.63 Å². The van der Waals surface area contributed by atoms with E-state index in [-0.39, 0.29) is 6.01 Å². The summed E-state index contributed by atoms with van der Waals surface area (Å²) >= 11 is 0. The van der Waals surface area contributed by atoms with E-state index in [1.807, 2.05) is 30.3 Å². The summed E-state index contributed by atoms with van der Waals surface area (Å²) in [5, 5.41) is 3.35. The van der Waals surface area contributed by atoms with E-state index in [0.717, 1.165) is 5.56 Å². The standard InChI is InChI=1S/C17H16N2O4/c1-21-14-8-12-13(9-15(14)22-2)19-17(23-16(12)20)18-10-11-6-4-3-5-7-11/h3-9H,10H2,1-2H3,(H,18,19). The second kappa shape index (κ2) is 6.39. The third-order valence-electron chi connectivity index (χ3n) is 3.42. The van der Waals surface area contributed by atoms with Gasteiger partial charge in [-0.15, -0.1) is 0 Å². The van der Waals surface area contributed by atoms with Gasteiger partial charge >= 0.3 is 5.63 Å². The molecule has 1 heterocycles. The predicted octanol–water partition coefficient (Wildman–Crippen LogP) is 2.82. The quantitative estimate of drug-likeness (QED) is 0.781. The number of aromatic nitrogens is 1. The topological polar surface area (TPSA) is 73.6 Å². The fourth-order valence-corrected chi connectivity index (χ4v) is 2.25. The number of methoxy groups -OCH3 is 2. The molecule has 0 saturated carbocycles. The molecule has 118 valence electrons. The molecule has 2 aromatic carbocycles. The van der Waals surface area contributed by atoms with Crippen molar-refractivity contribution in [2.75, 3.05) is 19.5 Å². The highest BCUT2D eigenvalue weighted by Crippen LogP contribution is 2.30. The fourth-order valence-electron chi connectivity index (χ4n) is 2.25. The molecule has 3 aromatic rings. The van der Waals surface area contributed by atoms with E-state index >= 15 is 0 Å². The summed E-state index contributed by atoms with van der Waals surface area (Å²) in [7, 11) is 3.04. The molecule has 0 unspecified atom stereocenters. The molecule has 0 bridgehead atoms. The van der Waals surface area contributed by atoms with E-state index in [2.05, 4.69) is 10.3 Å². The lowest BCUT2D eigenvalue weighted by atomic mass is 10.2. The lowest BCUT2D eigenvalue weighted by Crippen LogP contribution is -2.08. The molecular formula is C17H16N2O4. The Kier molecular flexibility index (Phi) is 4.14. The molecule has 0 fully saturated rings. The second-order valence-corrected chi connectivity index (χ2v) is 4.87. The summed E-state index contributed by atoms with van der Waals surface area (Å²) < 4.78 is 15.6. The number of rotatable bonds is 5. The van der Waals surface area contributed by atoms with Gasteiger partial charge in [0.05, 0.1) is 25.1 Å². The number of nitrogens with zero attached hydrogens (tertiary/aromatic N) is 1. The Hall–Kier alpha value is -3.02. The third-order valence-corrected chi connectivity index (χ3v) is 3.42. The van der Waals surface area contributed by atoms with Crippen LogP contribution in [-0.4, -0.2) is 19.2 Å². The molecule has 0 saturated heterocycles. The molecule has 0 aliphatic rings. The van der Waals surface area contributed by atoms with Crippen molar-refractivity contribution in [3.05, 3.63) is 58.4 Å². The predicted molar refractivity (Wildman–Crippen MR) is 87.2 cm³/mol. The zero-order valence-corrected chi connectivity index (χ0v) is 12.8. The SMILES string of the molecule is COc1cc2nc(NCc3ccccc3)oc(=O)c2cc1OC. The first-order chi connectivity index (χ1) is 11.2. The Balaban J connectivity index is 1.95. The molecule has 23 heavy (non-hydrogen) atoms. The van der Waals surface area contributed by atoms with Gasteiger partial charge < -0.3 is 19.2 Å². The number of benzene rings is 2. The summed E-state index contributed by atoms with van der Waals surface area (Å²) in [6, 6.07) is 13.2. The third kappa shape index (κ3) is 3.11. The molecule has 1 N–H and O–H groups in total. The highest BCUT2D eigenvalue weighted by Gasteiger charge is 2.12. The number of anilines is 1. The van der Waals surface area contributed by atoms with Crippen LogP contribution < -0.4 is 20.4 Å². The molecule has 0 aliphatic carbocycles. The molecule has 0 radical (unpaired) electrons. The van der Waals surface area contributed by atoms with Gasteiger partial charge in [-0.1, -0.05) is 30.3 Å². The minimum atomic E-state index is -0.480. The van der Waals surface area contributed by atoms with Crippen LogP contribution in [0.3, 0.4) is 0 Å². The van der Waals surface area contributed by atoms with E-state index in [1.54, 1.807) is 12.1 Å². The van der Waals surface area contributed by atoms with Crippen molar-refractivity contribution < 1.29 is 13.9 Å². The number of hydrogen-bond donors (Lipinski definition) is 1. The van der Waals surface area contributed by atoms with Crippen LogP contribution in [0.2, 0.25) is 0 Å². The molecule has 0 amide bonds. The van der Waals surface area contributed by atoms with Gasteiger partial charge in [0.25, 0.3) is 6.01 Å². The average Bonchev–Trinajstić information content (AvgIpc) is 2.59. The minimum absolute atomic E-state index is 0.165. The Labute approximate surface area is 132 Å². The van der Waals surface area contributed by atoms with Gasteiger partial charge in [0.1, 0.15) is 0 Å². The van der Waals surface area contributed by atoms with E-state index in [9.17, 15) is 4.79 Å². The smallest absolute Gasteiger partial charge is 0.348 e. The van der Waals surface area contributed by atoms with Gasteiger partial charge in [-0.3, -0.25) is 0 Å². The largest absolute Gasteiger partial charge is 0.493 e. The first-order valence-corrected chi connectivity index (χ1v) is 7.06. The van der Waals surface area contributed by atoms with Crippen LogP contribution in [0.15, 0.2) is 51.7 Å². The summed E-state index contributed by atoms with van der Waals surface area (Å²) in [5.41, 5.74) is 1.06. The normalized spacial score (nSPS) is 10.5. The van der Waals surface area contributed by atoms with Crippen molar-refractivity contribution in [3.8, 4) is 11.5 Å². The monoisotopic (exact) mass is 312 g/mol. The van der Waals surface area contributed by atoms with Crippen molar-refractivity contribution in [3.63, 3.8) is 0 Å². The molecule has 0 aliphatic heterocycles. The first kappa shape index (κ1) is 14.9. The maximum Gasteiger partial charge on any atom is 0.348 e. The molecule has 0 spiro atoms. The van der Waals surface area contributed by atoms with E-state index in [4.69, 9.17) is 13.9 Å². The summed E-state index contributed by atoms with van der Waals surface area (Å²) in [5.74, 6) is 0.964. The van der Waals surface area contributed by atoms with Crippen LogP contribution >= 0.6 is 0 Å². The lowest BCUT2D eigenvalue weighted by Gasteiger charge is -2.09. The van der Waals surface area contributed by atoms with Gasteiger partial charge in [0.2, 0.25) is 0 Å². The average molecular weight is 312 g/mol. The minimum Gasteiger partial charge on any atom is -0.493 e. The lowest BCUT2D eigenvalue weighted by molar-refractivity contribution is 0.355. The van der Waals surface area contributed by atoms with Crippen molar-refractivity contribution in [1.29, 1.82) is 0 Å². The van der Waals surface area contributed by atoms with Crippen LogP contribution in [0, 0.1) is 0 Å². The van der Waals surface area contributed by atoms with Gasteiger partial charge in [0.15, 0.2) is 11.5 Å². The summed E-state index contributed by atoms with van der Waals surface area (Å²) in [4.78, 5) is 16.5. The number of nitrogens with one attached hydrogen (secondary N) is 1. The Morgan fingerprint density at radius 2 is 1.78 bits per heavy atom. The molecular weight excluding hydrogens is 296 g/mol. The van der Waals surface area contributed by atoms with Crippen molar-refractivity contribution in [2.45, 2.75) is 6.54 Å². The zero-order chi connectivity index (χ0) is 16.2.